The summed E-state index contributed by atoms with van der Waals surface area (Å²) in [5.41, 5.74) is 8.35. The second-order valence-electron chi connectivity index (χ2n) is 4.22. The van der Waals surface area contributed by atoms with Crippen LogP contribution in [0.1, 0.15) is 43.9 Å². The van der Waals surface area contributed by atoms with E-state index in [1.807, 2.05) is 0 Å². The van der Waals surface area contributed by atoms with Gasteiger partial charge < -0.3 is 11.1 Å². The first-order chi connectivity index (χ1) is 7.79. The number of nitrogens with two attached hydrogens (primary N) is 1. The molecule has 0 saturated carbocycles. The first kappa shape index (κ1) is 13.2. The summed E-state index contributed by atoms with van der Waals surface area (Å²) in [6.45, 7) is 6.29. The molecule has 0 heterocycles. The summed E-state index contributed by atoms with van der Waals surface area (Å²) < 4.78 is 0. The number of hydrogen-bond donors (Lipinski definition) is 2. The van der Waals surface area contributed by atoms with Gasteiger partial charge in [-0.15, -0.1) is 0 Å². The van der Waals surface area contributed by atoms with Gasteiger partial charge in [-0.2, -0.15) is 0 Å². The van der Waals surface area contributed by atoms with Crippen LogP contribution in [0.5, 0.6) is 0 Å². The molecule has 2 nitrogen and oxygen atoms in total. The fourth-order valence-electron chi connectivity index (χ4n) is 1.98. The highest BCUT2D eigenvalue weighted by Crippen LogP contribution is 2.17. The van der Waals surface area contributed by atoms with E-state index in [9.17, 15) is 0 Å². The van der Waals surface area contributed by atoms with E-state index >= 15 is 0 Å². The molecule has 0 aliphatic heterocycles. The Labute approximate surface area is 99.2 Å². The van der Waals surface area contributed by atoms with E-state index in [1.54, 1.807) is 0 Å². The molecule has 1 atom stereocenters. The van der Waals surface area contributed by atoms with Crippen LogP contribution in [-0.2, 0) is 6.42 Å². The normalized spacial score (nSPS) is 12.7. The second-order valence-corrected chi connectivity index (χ2v) is 4.22. The van der Waals surface area contributed by atoms with Gasteiger partial charge in [0.15, 0.2) is 0 Å². The molecular formula is C14H24N2. The highest BCUT2D eigenvalue weighted by atomic mass is 14.9. The fourth-order valence-corrected chi connectivity index (χ4v) is 1.98. The Bertz CT molecular complexity index is 297. The summed E-state index contributed by atoms with van der Waals surface area (Å²) in [6.07, 6.45) is 3.37. The molecule has 0 aromatic heterocycles. The van der Waals surface area contributed by atoms with E-state index in [-0.39, 0.29) is 0 Å². The molecule has 0 amide bonds. The topological polar surface area (TPSA) is 38.0 Å². The molecule has 0 fully saturated rings. The van der Waals surface area contributed by atoms with Gasteiger partial charge in [-0.3, -0.25) is 0 Å². The summed E-state index contributed by atoms with van der Waals surface area (Å²) in [6, 6.07) is 9.11. The van der Waals surface area contributed by atoms with Crippen molar-refractivity contribution in [2.45, 2.75) is 39.2 Å². The van der Waals surface area contributed by atoms with E-state index < -0.39 is 0 Å². The summed E-state index contributed by atoms with van der Waals surface area (Å²) in [7, 11) is 0. The highest BCUT2D eigenvalue weighted by Gasteiger charge is 2.07. The van der Waals surface area contributed by atoms with Crippen molar-refractivity contribution in [2.75, 3.05) is 13.1 Å². The van der Waals surface area contributed by atoms with Crippen LogP contribution in [0.4, 0.5) is 0 Å². The third kappa shape index (κ3) is 3.95. The first-order valence-corrected chi connectivity index (χ1v) is 6.30. The van der Waals surface area contributed by atoms with Crippen LogP contribution in [0.25, 0.3) is 0 Å². The van der Waals surface area contributed by atoms with E-state index in [0.717, 1.165) is 32.4 Å². The number of aryl methyl sites for hydroxylation is 1. The Kier molecular flexibility index (Phi) is 6.12. The maximum absolute atomic E-state index is 5.47. The van der Waals surface area contributed by atoms with Crippen LogP contribution < -0.4 is 11.1 Å². The van der Waals surface area contributed by atoms with Crippen molar-refractivity contribution in [3.63, 3.8) is 0 Å². The van der Waals surface area contributed by atoms with Gasteiger partial charge in [0.05, 0.1) is 0 Å². The lowest BCUT2D eigenvalue weighted by molar-refractivity contribution is 0.546. The van der Waals surface area contributed by atoms with Crippen LogP contribution in [0, 0.1) is 0 Å². The number of unbranched alkanes of at least 4 members (excludes halogenated alkanes) is 1. The van der Waals surface area contributed by atoms with Crippen molar-refractivity contribution in [2.24, 2.45) is 5.73 Å². The smallest absolute Gasteiger partial charge is 0.0294 e. The molecule has 3 N–H and O–H groups in total. The predicted octanol–water partition coefficient (Wildman–Crippen LogP) is 2.64. The molecule has 0 radical (unpaired) electrons. The van der Waals surface area contributed by atoms with Crippen LogP contribution in [0.2, 0.25) is 0 Å². The van der Waals surface area contributed by atoms with Gasteiger partial charge in [0.2, 0.25) is 0 Å². The monoisotopic (exact) mass is 220 g/mol. The molecule has 1 aromatic rings. The second kappa shape index (κ2) is 7.42. The minimum absolute atomic E-state index is 0.439. The average Bonchev–Trinajstić information content (AvgIpc) is 2.34. The molecule has 1 rings (SSSR count). The molecule has 16 heavy (non-hydrogen) atoms. The van der Waals surface area contributed by atoms with E-state index in [4.69, 9.17) is 5.73 Å². The molecule has 0 aliphatic rings. The van der Waals surface area contributed by atoms with Crippen LogP contribution in [0.3, 0.4) is 0 Å². The predicted molar refractivity (Wildman–Crippen MR) is 70.5 cm³/mol. The van der Waals surface area contributed by atoms with Crippen molar-refractivity contribution in [3.8, 4) is 0 Å². The van der Waals surface area contributed by atoms with Crippen LogP contribution in [0.15, 0.2) is 24.3 Å². The number of nitrogens with one attached hydrogen (secondary N) is 1. The molecule has 1 unspecified atom stereocenters. The zero-order valence-corrected chi connectivity index (χ0v) is 10.5. The quantitative estimate of drug-likeness (QED) is 0.693. The molecule has 90 valence electrons. The van der Waals surface area contributed by atoms with Gasteiger partial charge in [-0.25, -0.2) is 0 Å². The van der Waals surface area contributed by atoms with Gasteiger partial charge in [-0.1, -0.05) is 31.2 Å². The fraction of sp³-hybridized carbons (Fsp3) is 0.571. The van der Waals surface area contributed by atoms with Gasteiger partial charge in [-0.05, 0) is 50.4 Å². The third-order valence-corrected chi connectivity index (χ3v) is 2.98. The molecule has 0 bridgehead atoms. The summed E-state index contributed by atoms with van der Waals surface area (Å²) in [5, 5.41) is 3.55. The van der Waals surface area contributed by atoms with Crippen molar-refractivity contribution in [3.05, 3.63) is 35.4 Å². The van der Waals surface area contributed by atoms with Crippen molar-refractivity contribution < 1.29 is 0 Å². The maximum Gasteiger partial charge on any atom is 0.0294 e. The standard InChI is InChI=1S/C14H24N2/c1-3-13-8-4-5-9-14(13)12(2)16-11-7-6-10-15/h4-5,8-9,12,16H,3,6-7,10-11,15H2,1-2H3. The first-order valence-electron chi connectivity index (χ1n) is 6.30. The minimum atomic E-state index is 0.439. The van der Waals surface area contributed by atoms with Gasteiger partial charge in [0.25, 0.3) is 0 Å². The minimum Gasteiger partial charge on any atom is -0.330 e. The van der Waals surface area contributed by atoms with Gasteiger partial charge in [0.1, 0.15) is 0 Å². The van der Waals surface area contributed by atoms with Crippen LogP contribution in [-0.4, -0.2) is 13.1 Å². The van der Waals surface area contributed by atoms with Gasteiger partial charge >= 0.3 is 0 Å². The SMILES string of the molecule is CCc1ccccc1C(C)NCCCCN. The number of hydrogen-bond acceptors (Lipinski definition) is 2. The van der Waals surface area contributed by atoms with E-state index in [0.29, 0.717) is 6.04 Å². The highest BCUT2D eigenvalue weighted by molar-refractivity contribution is 5.29. The molecule has 0 spiro atoms. The Morgan fingerprint density at radius 1 is 1.25 bits per heavy atom. The van der Waals surface area contributed by atoms with E-state index in [2.05, 4.69) is 43.4 Å². The largest absolute Gasteiger partial charge is 0.330 e. The Balaban J connectivity index is 2.48. The van der Waals surface area contributed by atoms with Gasteiger partial charge in [0, 0.05) is 6.04 Å². The lowest BCUT2D eigenvalue weighted by Crippen LogP contribution is -2.21. The Morgan fingerprint density at radius 2 is 2.00 bits per heavy atom. The summed E-state index contributed by atoms with van der Waals surface area (Å²) in [4.78, 5) is 0. The zero-order chi connectivity index (χ0) is 11.8. The third-order valence-electron chi connectivity index (χ3n) is 2.98. The molecule has 1 aromatic carbocycles. The Hall–Kier alpha value is -0.860. The molecule has 2 heteroatoms. The Morgan fingerprint density at radius 3 is 2.69 bits per heavy atom. The molecular weight excluding hydrogens is 196 g/mol. The van der Waals surface area contributed by atoms with E-state index in [1.165, 1.54) is 11.1 Å². The molecule has 0 aliphatic carbocycles. The zero-order valence-electron chi connectivity index (χ0n) is 10.5. The van der Waals surface area contributed by atoms with Crippen molar-refractivity contribution in [1.29, 1.82) is 0 Å². The number of benzene rings is 1. The maximum atomic E-state index is 5.47. The number of rotatable bonds is 7. The molecule has 0 saturated heterocycles. The average molecular weight is 220 g/mol. The van der Waals surface area contributed by atoms with Crippen LogP contribution >= 0.6 is 0 Å². The lowest BCUT2D eigenvalue weighted by Gasteiger charge is -2.17. The summed E-state index contributed by atoms with van der Waals surface area (Å²) in [5.74, 6) is 0. The summed E-state index contributed by atoms with van der Waals surface area (Å²) >= 11 is 0. The lowest BCUT2D eigenvalue weighted by atomic mass is 9.99. The van der Waals surface area contributed by atoms with Crippen molar-refractivity contribution >= 4 is 0 Å². The van der Waals surface area contributed by atoms with Crippen molar-refractivity contribution in [1.82, 2.24) is 5.32 Å².